The van der Waals surface area contributed by atoms with Crippen LogP contribution in [0.1, 0.15) is 25.7 Å². The highest BCUT2D eigenvalue weighted by Crippen LogP contribution is 2.23. The fraction of sp³-hybridized carbons (Fsp3) is 0.600. The summed E-state index contributed by atoms with van der Waals surface area (Å²) in [5.74, 6) is 0.822. The molecule has 0 saturated heterocycles. The normalized spacial score (nSPS) is 26.2. The van der Waals surface area contributed by atoms with E-state index in [0.717, 1.165) is 19.3 Å². The SMILES string of the molecule is Nc1nccc(N[C@@H]2CCCC[C@H]2F)n1. The Kier molecular flexibility index (Phi) is 2.99. The van der Waals surface area contributed by atoms with Gasteiger partial charge in [-0.3, -0.25) is 0 Å². The number of aromatic nitrogens is 2. The lowest BCUT2D eigenvalue weighted by atomic mass is 9.94. The van der Waals surface area contributed by atoms with E-state index in [-0.39, 0.29) is 12.0 Å². The summed E-state index contributed by atoms with van der Waals surface area (Å²) in [5.41, 5.74) is 5.44. The molecule has 0 spiro atoms. The van der Waals surface area contributed by atoms with Gasteiger partial charge in [0.15, 0.2) is 0 Å². The number of alkyl halides is 1. The maximum absolute atomic E-state index is 13.5. The summed E-state index contributed by atoms with van der Waals surface area (Å²) in [6.45, 7) is 0. The van der Waals surface area contributed by atoms with Gasteiger partial charge < -0.3 is 11.1 Å². The summed E-state index contributed by atoms with van der Waals surface area (Å²) in [7, 11) is 0. The molecule has 15 heavy (non-hydrogen) atoms. The largest absolute Gasteiger partial charge is 0.368 e. The van der Waals surface area contributed by atoms with Crippen LogP contribution in [0.3, 0.4) is 0 Å². The third kappa shape index (κ3) is 2.55. The lowest BCUT2D eigenvalue weighted by Gasteiger charge is -2.27. The molecular weight excluding hydrogens is 195 g/mol. The quantitative estimate of drug-likeness (QED) is 0.780. The average molecular weight is 210 g/mol. The van der Waals surface area contributed by atoms with Crippen molar-refractivity contribution in [1.29, 1.82) is 0 Å². The van der Waals surface area contributed by atoms with Crippen LogP contribution >= 0.6 is 0 Å². The number of hydrogen-bond donors (Lipinski definition) is 2. The molecule has 2 atom stereocenters. The Morgan fingerprint density at radius 2 is 2.20 bits per heavy atom. The summed E-state index contributed by atoms with van der Waals surface area (Å²) >= 11 is 0. The number of nitrogens with one attached hydrogen (secondary N) is 1. The molecule has 3 N–H and O–H groups in total. The first kappa shape index (κ1) is 10.1. The Balaban J connectivity index is 2.01. The summed E-state index contributed by atoms with van der Waals surface area (Å²) < 4.78 is 13.5. The van der Waals surface area contributed by atoms with Crippen molar-refractivity contribution in [3.63, 3.8) is 0 Å². The van der Waals surface area contributed by atoms with Gasteiger partial charge in [0.05, 0.1) is 6.04 Å². The molecule has 0 bridgehead atoms. The standard InChI is InChI=1S/C10H15FN4/c11-7-3-1-2-4-8(7)14-9-5-6-13-10(12)15-9/h5-8H,1-4H2,(H3,12,13,14,15)/t7-,8-/m1/s1. The Bertz CT molecular complexity index is 331. The third-order valence-electron chi connectivity index (χ3n) is 2.69. The van der Waals surface area contributed by atoms with Gasteiger partial charge in [-0.25, -0.2) is 9.37 Å². The van der Waals surface area contributed by atoms with E-state index in [9.17, 15) is 4.39 Å². The van der Waals surface area contributed by atoms with Crippen molar-refractivity contribution in [2.24, 2.45) is 0 Å². The van der Waals surface area contributed by atoms with E-state index in [2.05, 4.69) is 15.3 Å². The van der Waals surface area contributed by atoms with Crippen LogP contribution in [0.2, 0.25) is 0 Å². The predicted octanol–water partition coefficient (Wildman–Crippen LogP) is 1.75. The number of nitrogens with zero attached hydrogens (tertiary/aromatic N) is 2. The Morgan fingerprint density at radius 3 is 2.93 bits per heavy atom. The number of rotatable bonds is 2. The van der Waals surface area contributed by atoms with Crippen LogP contribution in [0.25, 0.3) is 0 Å². The maximum Gasteiger partial charge on any atom is 0.221 e. The Morgan fingerprint density at radius 1 is 1.40 bits per heavy atom. The van der Waals surface area contributed by atoms with Gasteiger partial charge in [0.2, 0.25) is 5.95 Å². The minimum atomic E-state index is -0.782. The van der Waals surface area contributed by atoms with Gasteiger partial charge in [0, 0.05) is 6.20 Å². The zero-order valence-corrected chi connectivity index (χ0v) is 8.49. The fourth-order valence-electron chi connectivity index (χ4n) is 1.89. The zero-order chi connectivity index (χ0) is 10.7. The first-order valence-corrected chi connectivity index (χ1v) is 5.25. The minimum Gasteiger partial charge on any atom is -0.368 e. The van der Waals surface area contributed by atoms with Crippen LogP contribution in [-0.4, -0.2) is 22.2 Å². The smallest absolute Gasteiger partial charge is 0.221 e. The van der Waals surface area contributed by atoms with Gasteiger partial charge in [-0.2, -0.15) is 4.98 Å². The monoisotopic (exact) mass is 210 g/mol. The molecule has 0 amide bonds. The van der Waals surface area contributed by atoms with Crippen LogP contribution in [0.15, 0.2) is 12.3 Å². The second kappa shape index (κ2) is 4.42. The van der Waals surface area contributed by atoms with Gasteiger partial charge >= 0.3 is 0 Å². The van der Waals surface area contributed by atoms with E-state index in [1.165, 1.54) is 0 Å². The van der Waals surface area contributed by atoms with Crippen LogP contribution in [0.4, 0.5) is 16.2 Å². The predicted molar refractivity (Wildman–Crippen MR) is 57.2 cm³/mol. The summed E-state index contributed by atoms with van der Waals surface area (Å²) in [5, 5.41) is 3.07. The summed E-state index contributed by atoms with van der Waals surface area (Å²) in [6.07, 6.45) is 4.32. The van der Waals surface area contributed by atoms with E-state index in [1.54, 1.807) is 12.3 Å². The Hall–Kier alpha value is -1.39. The van der Waals surface area contributed by atoms with Crippen LogP contribution < -0.4 is 11.1 Å². The molecule has 0 unspecified atom stereocenters. The van der Waals surface area contributed by atoms with Crippen molar-refractivity contribution < 1.29 is 4.39 Å². The van der Waals surface area contributed by atoms with Gasteiger partial charge in [-0.05, 0) is 18.9 Å². The number of anilines is 2. The van der Waals surface area contributed by atoms with Gasteiger partial charge in [0.25, 0.3) is 0 Å². The lowest BCUT2D eigenvalue weighted by Crippen LogP contribution is -2.33. The van der Waals surface area contributed by atoms with Crippen LogP contribution in [-0.2, 0) is 0 Å². The number of halogens is 1. The van der Waals surface area contributed by atoms with E-state index in [1.807, 2.05) is 0 Å². The molecule has 1 fully saturated rings. The van der Waals surface area contributed by atoms with Gasteiger partial charge in [-0.15, -0.1) is 0 Å². The van der Waals surface area contributed by atoms with Crippen molar-refractivity contribution in [1.82, 2.24) is 9.97 Å². The molecule has 0 aliphatic heterocycles. The highest BCUT2D eigenvalue weighted by Gasteiger charge is 2.24. The van der Waals surface area contributed by atoms with Crippen LogP contribution in [0, 0.1) is 0 Å². The molecule has 1 aromatic rings. The lowest BCUT2D eigenvalue weighted by molar-refractivity contribution is 0.229. The molecule has 0 aromatic carbocycles. The molecule has 1 aromatic heterocycles. The van der Waals surface area contributed by atoms with Gasteiger partial charge in [0.1, 0.15) is 12.0 Å². The number of nitrogens with two attached hydrogens (primary N) is 1. The van der Waals surface area contributed by atoms with Gasteiger partial charge in [-0.1, -0.05) is 12.8 Å². The van der Waals surface area contributed by atoms with E-state index < -0.39 is 6.17 Å². The first-order chi connectivity index (χ1) is 7.25. The van der Waals surface area contributed by atoms with E-state index >= 15 is 0 Å². The van der Waals surface area contributed by atoms with E-state index in [0.29, 0.717) is 12.2 Å². The first-order valence-electron chi connectivity index (χ1n) is 5.25. The number of hydrogen-bond acceptors (Lipinski definition) is 4. The van der Waals surface area contributed by atoms with Crippen molar-refractivity contribution in [3.8, 4) is 0 Å². The second-order valence-electron chi connectivity index (χ2n) is 3.85. The minimum absolute atomic E-state index is 0.131. The molecule has 2 rings (SSSR count). The summed E-state index contributed by atoms with van der Waals surface area (Å²) in [6, 6.07) is 1.57. The van der Waals surface area contributed by atoms with Crippen molar-refractivity contribution in [2.45, 2.75) is 37.9 Å². The molecule has 82 valence electrons. The number of nitrogen functional groups attached to an aromatic ring is 1. The average Bonchev–Trinajstić information content (AvgIpc) is 2.22. The van der Waals surface area contributed by atoms with Crippen molar-refractivity contribution in [3.05, 3.63) is 12.3 Å². The zero-order valence-electron chi connectivity index (χ0n) is 8.49. The molecular formula is C10H15FN4. The molecule has 1 aliphatic carbocycles. The van der Waals surface area contributed by atoms with E-state index in [4.69, 9.17) is 5.73 Å². The molecule has 1 heterocycles. The van der Waals surface area contributed by atoms with Crippen molar-refractivity contribution >= 4 is 11.8 Å². The van der Waals surface area contributed by atoms with Crippen LogP contribution in [0.5, 0.6) is 0 Å². The second-order valence-corrected chi connectivity index (χ2v) is 3.85. The molecule has 5 heteroatoms. The van der Waals surface area contributed by atoms with Crippen molar-refractivity contribution in [2.75, 3.05) is 11.1 Å². The highest BCUT2D eigenvalue weighted by molar-refractivity contribution is 5.38. The molecule has 1 aliphatic rings. The molecule has 4 nitrogen and oxygen atoms in total. The fourth-order valence-corrected chi connectivity index (χ4v) is 1.89. The highest BCUT2D eigenvalue weighted by atomic mass is 19.1. The summed E-state index contributed by atoms with van der Waals surface area (Å²) in [4.78, 5) is 7.78. The Labute approximate surface area is 88.1 Å². The molecule has 1 saturated carbocycles. The topological polar surface area (TPSA) is 63.8 Å². The molecule has 0 radical (unpaired) electrons. The maximum atomic E-state index is 13.5. The third-order valence-corrected chi connectivity index (χ3v) is 2.69.